The molecule has 298 valence electrons. The number of allylic oxidation sites excluding steroid dienone is 5. The molecule has 0 amide bonds. The zero-order valence-corrected chi connectivity index (χ0v) is 33.0. The second-order valence-corrected chi connectivity index (χ2v) is 15.3. The van der Waals surface area contributed by atoms with Gasteiger partial charge in [-0.1, -0.05) is 141 Å². The highest BCUT2D eigenvalue weighted by Gasteiger charge is 2.23. The highest BCUT2D eigenvalue weighted by molar-refractivity contribution is 7.46. The van der Waals surface area contributed by atoms with Crippen LogP contribution < -0.4 is 0 Å². The molecule has 0 spiro atoms. The van der Waals surface area contributed by atoms with E-state index in [-0.39, 0.29) is 25.7 Å². The van der Waals surface area contributed by atoms with Gasteiger partial charge in [-0.2, -0.15) is 0 Å². The summed E-state index contributed by atoms with van der Waals surface area (Å²) in [6.45, 7) is 5.70. The number of carbonyl (C=O) groups is 2. The van der Waals surface area contributed by atoms with E-state index in [1.54, 1.807) is 0 Å². The van der Waals surface area contributed by atoms with Gasteiger partial charge in [0.05, 0.1) is 18.8 Å². The molecule has 0 aromatic heterocycles. The number of hydrogen-bond donors (Lipinski definition) is 4. The van der Waals surface area contributed by atoms with Crippen LogP contribution in [0.5, 0.6) is 0 Å². The molecule has 4 N–H and O–H groups in total. The summed E-state index contributed by atoms with van der Waals surface area (Å²) in [6, 6.07) is 0. The van der Waals surface area contributed by atoms with Gasteiger partial charge in [0.25, 0.3) is 0 Å². The number of esters is 2. The predicted molar refractivity (Wildman–Crippen MR) is 205 cm³/mol. The fourth-order valence-electron chi connectivity index (χ4n) is 5.42. The third-order valence-corrected chi connectivity index (χ3v) is 9.03. The van der Waals surface area contributed by atoms with E-state index < -0.39 is 51.3 Å². The van der Waals surface area contributed by atoms with Crippen LogP contribution in [0.2, 0.25) is 0 Å². The van der Waals surface area contributed by atoms with Gasteiger partial charge in [-0.25, -0.2) is 4.57 Å². The molecule has 0 saturated heterocycles. The second-order valence-electron chi connectivity index (χ2n) is 14.0. The number of aliphatic hydroxyl groups is 2. The van der Waals surface area contributed by atoms with E-state index in [1.807, 2.05) is 12.2 Å². The Morgan fingerprint density at radius 1 is 0.627 bits per heavy atom. The zero-order valence-electron chi connectivity index (χ0n) is 32.1. The van der Waals surface area contributed by atoms with Crippen molar-refractivity contribution in [3.05, 3.63) is 36.5 Å². The van der Waals surface area contributed by atoms with Gasteiger partial charge >= 0.3 is 19.8 Å². The van der Waals surface area contributed by atoms with Crippen molar-refractivity contribution in [3.63, 3.8) is 0 Å². The van der Waals surface area contributed by atoms with E-state index in [0.717, 1.165) is 44.4 Å². The number of phosphoric ester groups is 1. The fraction of sp³-hybridized carbons (Fsp3) is 0.800. The van der Waals surface area contributed by atoms with Gasteiger partial charge < -0.3 is 29.5 Å². The van der Waals surface area contributed by atoms with E-state index in [9.17, 15) is 24.4 Å². The summed E-state index contributed by atoms with van der Waals surface area (Å²) in [6.07, 6.45) is 30.5. The Morgan fingerprint density at radius 2 is 1.18 bits per heavy atom. The molecule has 0 aromatic carbocycles. The van der Waals surface area contributed by atoms with Crippen molar-refractivity contribution in [2.24, 2.45) is 5.92 Å². The van der Waals surface area contributed by atoms with Crippen molar-refractivity contribution in [1.29, 1.82) is 0 Å². The maximum absolute atomic E-state index is 12.4. The molecular weight excluding hydrogens is 671 g/mol. The molecule has 0 saturated carbocycles. The van der Waals surface area contributed by atoms with Gasteiger partial charge in [-0.05, 0) is 57.3 Å². The molecule has 11 heteroatoms. The van der Waals surface area contributed by atoms with E-state index >= 15 is 0 Å². The Labute approximate surface area is 309 Å². The van der Waals surface area contributed by atoms with Crippen molar-refractivity contribution in [2.75, 3.05) is 13.2 Å². The molecule has 0 aliphatic rings. The first kappa shape index (κ1) is 49.2. The third-order valence-electron chi connectivity index (χ3n) is 8.54. The Bertz CT molecular complexity index is 974. The smallest absolute Gasteiger partial charge is 0.462 e. The average Bonchev–Trinajstić information content (AvgIpc) is 3.07. The van der Waals surface area contributed by atoms with Gasteiger partial charge in [-0.15, -0.1) is 0 Å². The Balaban J connectivity index is 4.20. The molecular formula is C40H73O10P. The number of hydrogen-bond acceptors (Lipinski definition) is 8. The second kappa shape index (κ2) is 34.0. The molecule has 0 aromatic rings. The maximum Gasteiger partial charge on any atom is 0.469 e. The quantitative estimate of drug-likeness (QED) is 0.0213. The van der Waals surface area contributed by atoms with Gasteiger partial charge in [-0.3, -0.25) is 14.1 Å². The summed E-state index contributed by atoms with van der Waals surface area (Å²) in [7, 11) is -4.82. The maximum atomic E-state index is 12.4. The van der Waals surface area contributed by atoms with Crippen LogP contribution in [0.3, 0.4) is 0 Å². The topological polar surface area (TPSA) is 160 Å². The SMILES string of the molecule is CCCCC/C=C\C/C=C\C/C=C\CC(O)C(O)CCCC(=O)OC[C@H](COP(=O)(O)O)OC(=O)CCCCCCCCCCCCCC(C)C. The van der Waals surface area contributed by atoms with Crippen LogP contribution in [-0.4, -0.2) is 63.5 Å². The number of phosphoric acid groups is 1. The summed E-state index contributed by atoms with van der Waals surface area (Å²) < 4.78 is 26.2. The zero-order chi connectivity index (χ0) is 38.0. The minimum absolute atomic E-state index is 0.0459. The van der Waals surface area contributed by atoms with Crippen LogP contribution in [0.4, 0.5) is 0 Å². The van der Waals surface area contributed by atoms with Gasteiger partial charge in [0, 0.05) is 12.8 Å². The van der Waals surface area contributed by atoms with Crippen LogP contribution >= 0.6 is 7.82 Å². The number of rotatable bonds is 35. The summed E-state index contributed by atoms with van der Waals surface area (Å²) >= 11 is 0. The highest BCUT2D eigenvalue weighted by atomic mass is 31.2. The fourth-order valence-corrected chi connectivity index (χ4v) is 5.79. The summed E-state index contributed by atoms with van der Waals surface area (Å²) in [4.78, 5) is 42.8. The molecule has 3 atom stereocenters. The van der Waals surface area contributed by atoms with E-state index in [2.05, 4.69) is 49.6 Å². The lowest BCUT2D eigenvalue weighted by molar-refractivity contribution is -0.161. The lowest BCUT2D eigenvalue weighted by Crippen LogP contribution is -2.29. The minimum atomic E-state index is -4.82. The minimum Gasteiger partial charge on any atom is -0.462 e. The molecule has 0 radical (unpaired) electrons. The van der Waals surface area contributed by atoms with Gasteiger partial charge in [0.1, 0.15) is 6.61 Å². The lowest BCUT2D eigenvalue weighted by Gasteiger charge is -2.19. The number of ether oxygens (including phenoxy) is 2. The molecule has 0 aliphatic heterocycles. The average molecular weight is 745 g/mol. The highest BCUT2D eigenvalue weighted by Crippen LogP contribution is 2.36. The number of carbonyl (C=O) groups excluding carboxylic acids is 2. The van der Waals surface area contributed by atoms with Crippen molar-refractivity contribution < 1.29 is 48.2 Å². The van der Waals surface area contributed by atoms with Crippen LogP contribution in [-0.2, 0) is 28.2 Å². The molecule has 0 bridgehead atoms. The molecule has 0 fully saturated rings. The van der Waals surface area contributed by atoms with Crippen molar-refractivity contribution in [2.45, 2.75) is 187 Å². The molecule has 0 heterocycles. The van der Waals surface area contributed by atoms with E-state index in [1.165, 1.54) is 70.6 Å². The first-order chi connectivity index (χ1) is 24.4. The monoisotopic (exact) mass is 744 g/mol. The lowest BCUT2D eigenvalue weighted by atomic mass is 10.0. The van der Waals surface area contributed by atoms with Crippen molar-refractivity contribution in [3.8, 4) is 0 Å². The van der Waals surface area contributed by atoms with E-state index in [4.69, 9.17) is 19.3 Å². The van der Waals surface area contributed by atoms with E-state index in [0.29, 0.717) is 12.8 Å². The third kappa shape index (κ3) is 36.3. The Morgan fingerprint density at radius 3 is 1.76 bits per heavy atom. The van der Waals surface area contributed by atoms with Crippen LogP contribution in [0.15, 0.2) is 36.5 Å². The Kier molecular flexibility index (Phi) is 32.8. The summed E-state index contributed by atoms with van der Waals surface area (Å²) in [5, 5.41) is 20.5. The first-order valence-electron chi connectivity index (χ1n) is 19.8. The summed E-state index contributed by atoms with van der Waals surface area (Å²) in [5.41, 5.74) is 0. The Hall–Kier alpha value is -1.81. The predicted octanol–water partition coefficient (Wildman–Crippen LogP) is 9.59. The molecule has 51 heavy (non-hydrogen) atoms. The van der Waals surface area contributed by atoms with Crippen LogP contribution in [0.1, 0.15) is 168 Å². The largest absolute Gasteiger partial charge is 0.469 e. The van der Waals surface area contributed by atoms with Crippen LogP contribution in [0, 0.1) is 5.92 Å². The molecule has 2 unspecified atom stereocenters. The molecule has 0 rings (SSSR count). The number of aliphatic hydroxyl groups excluding tert-OH is 2. The van der Waals surface area contributed by atoms with Crippen molar-refractivity contribution in [1.82, 2.24) is 0 Å². The van der Waals surface area contributed by atoms with Gasteiger partial charge in [0.15, 0.2) is 6.10 Å². The number of unbranched alkanes of at least 4 members (excludes halogenated alkanes) is 13. The first-order valence-corrected chi connectivity index (χ1v) is 21.3. The van der Waals surface area contributed by atoms with Crippen molar-refractivity contribution >= 4 is 19.8 Å². The standard InChI is InChI=1S/C40H73O10P/c1-4-5-6-7-8-9-10-13-16-19-22-25-29-37(41)38(42)30-27-32-39(43)48-33-36(34-49-51(45,46)47)50-40(44)31-26-23-20-17-14-11-12-15-18-21-24-28-35(2)3/h8-9,13,16,22,25,35-38,41-42H,4-7,10-12,14-15,17-21,23-24,26-34H2,1-3H3,(H2,45,46,47)/b9-8-,16-13-,25-22-/t36-,37?,38?/m1/s1. The molecule has 0 aliphatic carbocycles. The molecule has 10 nitrogen and oxygen atoms in total. The van der Waals surface area contributed by atoms with Gasteiger partial charge in [0.2, 0.25) is 0 Å². The van der Waals surface area contributed by atoms with Crippen LogP contribution in [0.25, 0.3) is 0 Å². The summed E-state index contributed by atoms with van der Waals surface area (Å²) in [5.74, 6) is -0.377. The normalized spacial score (nSPS) is 14.2.